The van der Waals surface area contributed by atoms with Crippen molar-refractivity contribution in [2.24, 2.45) is 0 Å². The Balaban J connectivity index is 1.90. The molecule has 0 aliphatic rings. The first-order valence-corrected chi connectivity index (χ1v) is 9.11. The zero-order chi connectivity index (χ0) is 17.3. The lowest BCUT2D eigenvalue weighted by molar-refractivity contribution is 0.0780. The molecule has 2 aromatic carbocycles. The van der Waals surface area contributed by atoms with Gasteiger partial charge < -0.3 is 9.47 Å². The first-order chi connectivity index (χ1) is 11.5. The van der Waals surface area contributed by atoms with Gasteiger partial charge in [0.2, 0.25) is 0 Å². The van der Waals surface area contributed by atoms with Gasteiger partial charge in [-0.05, 0) is 65.9 Å². The molecule has 0 spiro atoms. The Morgan fingerprint density at radius 3 is 2.79 bits per heavy atom. The van der Waals surface area contributed by atoms with Crippen LogP contribution >= 0.6 is 34.2 Å². The van der Waals surface area contributed by atoms with Crippen molar-refractivity contribution >= 4 is 51.1 Å². The van der Waals surface area contributed by atoms with Gasteiger partial charge in [-0.25, -0.2) is 4.98 Å². The Kier molecular flexibility index (Phi) is 5.10. The molecule has 3 rings (SSSR count). The number of nitrogens with zero attached hydrogens (tertiary/aromatic N) is 3. The molecule has 24 heavy (non-hydrogen) atoms. The third-order valence-electron chi connectivity index (χ3n) is 3.90. The van der Waals surface area contributed by atoms with Crippen LogP contribution < -0.4 is 0 Å². The fourth-order valence-electron chi connectivity index (χ4n) is 2.75. The molecule has 1 amide bonds. The van der Waals surface area contributed by atoms with E-state index >= 15 is 0 Å². The molecule has 124 valence electrons. The van der Waals surface area contributed by atoms with E-state index in [-0.39, 0.29) is 5.91 Å². The highest BCUT2D eigenvalue weighted by atomic mass is 127. The molecule has 0 saturated heterocycles. The minimum atomic E-state index is -0.0127. The molecular weight excluding hydrogens is 437 g/mol. The molecule has 0 unspecified atom stereocenters. The minimum absolute atomic E-state index is 0.0127. The quantitative estimate of drug-likeness (QED) is 0.542. The Morgan fingerprint density at radius 1 is 1.29 bits per heavy atom. The summed E-state index contributed by atoms with van der Waals surface area (Å²) < 4.78 is 3.14. The van der Waals surface area contributed by atoms with Crippen molar-refractivity contribution < 1.29 is 4.79 Å². The van der Waals surface area contributed by atoms with E-state index in [0.29, 0.717) is 17.1 Å². The van der Waals surface area contributed by atoms with Gasteiger partial charge in [-0.2, -0.15) is 0 Å². The van der Waals surface area contributed by atoms with Crippen molar-refractivity contribution in [3.8, 4) is 0 Å². The maximum Gasteiger partial charge on any atom is 0.254 e. The van der Waals surface area contributed by atoms with Gasteiger partial charge in [-0.1, -0.05) is 17.7 Å². The Hall–Kier alpha value is -1.60. The summed E-state index contributed by atoms with van der Waals surface area (Å²) in [6.45, 7) is 3.29. The lowest BCUT2D eigenvalue weighted by Gasteiger charge is -2.17. The molecule has 6 heteroatoms. The van der Waals surface area contributed by atoms with Gasteiger partial charge in [0.05, 0.1) is 17.6 Å². The highest BCUT2D eigenvalue weighted by Crippen LogP contribution is 2.22. The van der Waals surface area contributed by atoms with Crippen LogP contribution in [0.4, 0.5) is 0 Å². The van der Waals surface area contributed by atoms with Gasteiger partial charge in [0.15, 0.2) is 0 Å². The van der Waals surface area contributed by atoms with Crippen molar-refractivity contribution in [3.63, 3.8) is 0 Å². The average Bonchev–Trinajstić information content (AvgIpc) is 2.90. The van der Waals surface area contributed by atoms with Crippen molar-refractivity contribution in [2.45, 2.75) is 20.0 Å². The number of aromatic nitrogens is 2. The second-order valence-electron chi connectivity index (χ2n) is 5.58. The molecule has 0 N–H and O–H groups in total. The molecule has 4 nitrogen and oxygen atoms in total. The molecule has 3 aromatic rings. The Morgan fingerprint density at radius 2 is 2.08 bits per heavy atom. The largest absolute Gasteiger partial charge is 0.334 e. The van der Waals surface area contributed by atoms with Gasteiger partial charge >= 0.3 is 0 Å². The van der Waals surface area contributed by atoms with E-state index in [0.717, 1.165) is 27.0 Å². The molecule has 1 aromatic heterocycles. The number of aryl methyl sites for hydroxylation is 1. The summed E-state index contributed by atoms with van der Waals surface area (Å²) in [6.07, 6.45) is 0. The number of benzene rings is 2. The maximum absolute atomic E-state index is 12.6. The summed E-state index contributed by atoms with van der Waals surface area (Å²) in [5.41, 5.74) is 2.58. The van der Waals surface area contributed by atoms with Gasteiger partial charge in [-0.15, -0.1) is 0 Å². The third-order valence-corrected chi connectivity index (χ3v) is 4.81. The van der Waals surface area contributed by atoms with Crippen LogP contribution in [0.15, 0.2) is 42.5 Å². The van der Waals surface area contributed by atoms with E-state index in [4.69, 9.17) is 11.6 Å². The molecular formula is C18H17ClIN3O. The molecule has 0 radical (unpaired) electrons. The number of halogens is 2. The van der Waals surface area contributed by atoms with Crippen molar-refractivity contribution in [1.29, 1.82) is 0 Å². The van der Waals surface area contributed by atoms with Gasteiger partial charge in [0.25, 0.3) is 5.91 Å². The Bertz CT molecular complexity index is 906. The van der Waals surface area contributed by atoms with E-state index in [1.54, 1.807) is 11.9 Å². The number of fused-ring (bicyclic) bond motifs is 1. The van der Waals surface area contributed by atoms with Crippen molar-refractivity contribution in [3.05, 3.63) is 62.4 Å². The number of imidazole rings is 1. The number of hydrogen-bond donors (Lipinski definition) is 0. The zero-order valence-corrected chi connectivity index (χ0v) is 16.4. The smallest absolute Gasteiger partial charge is 0.254 e. The van der Waals surface area contributed by atoms with Crippen LogP contribution in [0.3, 0.4) is 0 Å². The number of carbonyl (C=O) groups is 1. The molecule has 0 aliphatic heterocycles. The van der Waals surface area contributed by atoms with Crippen LogP contribution in [0.25, 0.3) is 11.0 Å². The second-order valence-corrected chi connectivity index (χ2v) is 7.26. The summed E-state index contributed by atoms with van der Waals surface area (Å²) in [4.78, 5) is 19.0. The minimum Gasteiger partial charge on any atom is -0.334 e. The highest BCUT2D eigenvalue weighted by Gasteiger charge is 2.16. The fraction of sp³-hybridized carbons (Fsp3) is 0.222. The summed E-state index contributed by atoms with van der Waals surface area (Å²) in [6, 6.07) is 13.3. The molecule has 0 fully saturated rings. The van der Waals surface area contributed by atoms with E-state index in [1.807, 2.05) is 42.5 Å². The number of rotatable bonds is 4. The van der Waals surface area contributed by atoms with Crippen LogP contribution in [-0.4, -0.2) is 27.4 Å². The highest BCUT2D eigenvalue weighted by molar-refractivity contribution is 14.1. The lowest BCUT2D eigenvalue weighted by Crippen LogP contribution is -2.27. The van der Waals surface area contributed by atoms with Crippen LogP contribution in [0.1, 0.15) is 23.1 Å². The fourth-order valence-corrected chi connectivity index (χ4v) is 3.45. The third kappa shape index (κ3) is 3.42. The standard InChI is InChI=1S/C18H17ClIN3O/c1-3-23-16-10-13(19)7-8-15(16)21-17(23)11-22(2)18(24)12-5-4-6-14(20)9-12/h4-10H,3,11H2,1-2H3. The van der Waals surface area contributed by atoms with E-state index in [2.05, 4.69) is 39.1 Å². The van der Waals surface area contributed by atoms with E-state index in [1.165, 1.54) is 0 Å². The molecule has 0 saturated carbocycles. The Labute approximate surface area is 159 Å². The molecule has 1 heterocycles. The molecule has 0 bridgehead atoms. The second kappa shape index (κ2) is 7.11. The molecule has 0 aliphatic carbocycles. The SMILES string of the molecule is CCn1c(CN(C)C(=O)c2cccc(I)c2)nc2ccc(Cl)cc21. The van der Waals surface area contributed by atoms with Crippen LogP contribution in [0.5, 0.6) is 0 Å². The van der Waals surface area contributed by atoms with Crippen LogP contribution in [0, 0.1) is 3.57 Å². The first kappa shape index (κ1) is 17.2. The summed E-state index contributed by atoms with van der Waals surface area (Å²) in [5, 5.41) is 0.687. The number of hydrogen-bond acceptors (Lipinski definition) is 2. The lowest BCUT2D eigenvalue weighted by atomic mass is 10.2. The van der Waals surface area contributed by atoms with E-state index < -0.39 is 0 Å². The normalized spacial score (nSPS) is 11.0. The van der Waals surface area contributed by atoms with Crippen LogP contribution in [0.2, 0.25) is 5.02 Å². The molecule has 0 atom stereocenters. The van der Waals surface area contributed by atoms with Crippen molar-refractivity contribution in [1.82, 2.24) is 14.5 Å². The van der Waals surface area contributed by atoms with Gasteiger partial charge in [0.1, 0.15) is 5.82 Å². The first-order valence-electron chi connectivity index (χ1n) is 7.65. The topological polar surface area (TPSA) is 38.1 Å². The summed E-state index contributed by atoms with van der Waals surface area (Å²) in [5.74, 6) is 0.845. The average molecular weight is 454 g/mol. The van der Waals surface area contributed by atoms with Gasteiger partial charge in [-0.3, -0.25) is 4.79 Å². The predicted octanol–water partition coefficient (Wildman–Crippen LogP) is 4.59. The number of carbonyl (C=O) groups excluding carboxylic acids is 1. The number of amides is 1. The van der Waals surface area contributed by atoms with Gasteiger partial charge in [0, 0.05) is 27.7 Å². The van der Waals surface area contributed by atoms with Crippen molar-refractivity contribution in [2.75, 3.05) is 7.05 Å². The summed E-state index contributed by atoms with van der Waals surface area (Å²) in [7, 11) is 1.80. The zero-order valence-electron chi connectivity index (χ0n) is 13.5. The van der Waals surface area contributed by atoms with E-state index in [9.17, 15) is 4.79 Å². The summed E-state index contributed by atoms with van der Waals surface area (Å²) >= 11 is 8.31. The maximum atomic E-state index is 12.6. The predicted molar refractivity (Wildman–Crippen MR) is 105 cm³/mol. The van der Waals surface area contributed by atoms with Crippen LogP contribution in [-0.2, 0) is 13.1 Å². The monoisotopic (exact) mass is 453 g/mol.